The minimum Gasteiger partial charge on any atom is -0.472 e. The number of carbonyl (C=O) groups excluding carboxylic acids is 1. The fraction of sp³-hybridized carbons (Fsp3) is 0.267. The van der Waals surface area contributed by atoms with Gasteiger partial charge in [-0.05, 0) is 26.1 Å². The molecule has 0 unspecified atom stereocenters. The number of nitrogens with zero attached hydrogens (tertiary/aromatic N) is 1. The Labute approximate surface area is 107 Å². The van der Waals surface area contributed by atoms with Crippen molar-refractivity contribution in [3.63, 3.8) is 0 Å². The highest BCUT2D eigenvalue weighted by molar-refractivity contribution is 5.97. The first kappa shape index (κ1) is 12.6. The molecule has 0 fully saturated rings. The summed E-state index contributed by atoms with van der Waals surface area (Å²) in [5.74, 6) is 0.143. The standard InChI is InChI=1S/C15H17NO2/c1-12-4-3-5-14(8-12)15(17)10-16(2)9-13-6-7-18-11-13/h3-8,11H,9-10H2,1-2H3. The fourth-order valence-corrected chi connectivity index (χ4v) is 1.91. The normalized spacial score (nSPS) is 10.8. The van der Waals surface area contributed by atoms with Crippen LogP contribution in [0.2, 0.25) is 0 Å². The third-order valence-corrected chi connectivity index (χ3v) is 2.79. The van der Waals surface area contributed by atoms with Crippen molar-refractivity contribution < 1.29 is 9.21 Å². The van der Waals surface area contributed by atoms with Crippen molar-refractivity contribution in [2.45, 2.75) is 13.5 Å². The first-order valence-electron chi connectivity index (χ1n) is 5.94. The quantitative estimate of drug-likeness (QED) is 0.757. The SMILES string of the molecule is Cc1cccc(C(=O)CN(C)Cc2ccoc2)c1. The number of Topliss-reactive ketones (excluding diaryl/α,β-unsaturated/α-hetero) is 1. The second-order valence-corrected chi connectivity index (χ2v) is 4.60. The van der Waals surface area contributed by atoms with Crippen molar-refractivity contribution >= 4 is 5.78 Å². The Morgan fingerprint density at radius 1 is 1.33 bits per heavy atom. The van der Waals surface area contributed by atoms with Gasteiger partial charge >= 0.3 is 0 Å². The highest BCUT2D eigenvalue weighted by atomic mass is 16.3. The maximum absolute atomic E-state index is 12.1. The Hall–Kier alpha value is -1.87. The monoisotopic (exact) mass is 243 g/mol. The second kappa shape index (κ2) is 5.65. The molecule has 0 aliphatic heterocycles. The average Bonchev–Trinajstić information content (AvgIpc) is 2.81. The fourth-order valence-electron chi connectivity index (χ4n) is 1.91. The van der Waals surface area contributed by atoms with Gasteiger partial charge < -0.3 is 4.42 Å². The molecule has 0 atom stereocenters. The van der Waals surface area contributed by atoms with Gasteiger partial charge in [0.25, 0.3) is 0 Å². The van der Waals surface area contributed by atoms with Crippen LogP contribution < -0.4 is 0 Å². The molecule has 18 heavy (non-hydrogen) atoms. The van der Waals surface area contributed by atoms with Crippen molar-refractivity contribution in [1.82, 2.24) is 4.90 Å². The van der Waals surface area contributed by atoms with Gasteiger partial charge in [-0.1, -0.05) is 23.8 Å². The van der Waals surface area contributed by atoms with Crippen molar-refractivity contribution in [2.24, 2.45) is 0 Å². The first-order valence-corrected chi connectivity index (χ1v) is 5.94. The van der Waals surface area contributed by atoms with Gasteiger partial charge in [0.15, 0.2) is 5.78 Å². The van der Waals surface area contributed by atoms with Gasteiger partial charge in [-0.2, -0.15) is 0 Å². The number of carbonyl (C=O) groups is 1. The minimum atomic E-state index is 0.143. The van der Waals surface area contributed by atoms with Gasteiger partial charge in [0.2, 0.25) is 0 Å². The number of rotatable bonds is 5. The van der Waals surface area contributed by atoms with Crippen LogP contribution >= 0.6 is 0 Å². The lowest BCUT2D eigenvalue weighted by Crippen LogP contribution is -2.25. The molecule has 94 valence electrons. The van der Waals surface area contributed by atoms with E-state index in [9.17, 15) is 4.79 Å². The van der Waals surface area contributed by atoms with Crippen LogP contribution in [0.4, 0.5) is 0 Å². The van der Waals surface area contributed by atoms with Gasteiger partial charge in [0, 0.05) is 17.7 Å². The van der Waals surface area contributed by atoms with Gasteiger partial charge in [0.05, 0.1) is 19.1 Å². The molecule has 2 rings (SSSR count). The molecule has 2 aromatic rings. The molecule has 0 aliphatic carbocycles. The van der Waals surface area contributed by atoms with Crippen LogP contribution in [0, 0.1) is 6.92 Å². The minimum absolute atomic E-state index is 0.143. The summed E-state index contributed by atoms with van der Waals surface area (Å²) in [5, 5.41) is 0. The first-order chi connectivity index (χ1) is 8.65. The molecule has 0 saturated heterocycles. The smallest absolute Gasteiger partial charge is 0.176 e. The number of benzene rings is 1. The number of ketones is 1. The Bertz CT molecular complexity index is 517. The molecule has 1 heterocycles. The molecular formula is C15H17NO2. The molecule has 0 spiro atoms. The Morgan fingerprint density at radius 3 is 2.83 bits per heavy atom. The van der Waals surface area contributed by atoms with Crippen LogP contribution in [-0.2, 0) is 6.54 Å². The van der Waals surface area contributed by atoms with E-state index in [-0.39, 0.29) is 5.78 Å². The van der Waals surface area contributed by atoms with E-state index in [1.165, 1.54) is 0 Å². The molecule has 0 aliphatic rings. The summed E-state index contributed by atoms with van der Waals surface area (Å²) >= 11 is 0. The van der Waals surface area contributed by atoms with Crippen molar-refractivity contribution in [2.75, 3.05) is 13.6 Å². The van der Waals surface area contributed by atoms with Crippen LogP contribution in [0.3, 0.4) is 0 Å². The summed E-state index contributed by atoms with van der Waals surface area (Å²) in [4.78, 5) is 14.1. The number of likely N-dealkylation sites (N-methyl/N-ethyl adjacent to an activating group) is 1. The van der Waals surface area contributed by atoms with E-state index in [2.05, 4.69) is 0 Å². The lowest BCUT2D eigenvalue weighted by atomic mass is 10.1. The molecule has 3 nitrogen and oxygen atoms in total. The van der Waals surface area contributed by atoms with Crippen LogP contribution in [0.25, 0.3) is 0 Å². The summed E-state index contributed by atoms with van der Waals surface area (Å²) < 4.78 is 5.01. The molecule has 0 bridgehead atoms. The van der Waals surface area contributed by atoms with Crippen LogP contribution in [0.5, 0.6) is 0 Å². The van der Waals surface area contributed by atoms with Crippen LogP contribution in [0.15, 0.2) is 47.3 Å². The summed E-state index contributed by atoms with van der Waals surface area (Å²) in [6, 6.07) is 9.60. The van der Waals surface area contributed by atoms with Crippen LogP contribution in [0.1, 0.15) is 21.5 Å². The molecule has 1 aromatic carbocycles. The molecule has 3 heteroatoms. The zero-order valence-corrected chi connectivity index (χ0v) is 10.7. The third kappa shape index (κ3) is 3.31. The van der Waals surface area contributed by atoms with Gasteiger partial charge in [-0.15, -0.1) is 0 Å². The zero-order valence-electron chi connectivity index (χ0n) is 10.7. The van der Waals surface area contributed by atoms with Crippen molar-refractivity contribution in [1.29, 1.82) is 0 Å². The predicted molar refractivity (Wildman–Crippen MR) is 70.6 cm³/mol. The van der Waals surface area contributed by atoms with E-state index in [1.54, 1.807) is 12.5 Å². The van der Waals surface area contributed by atoms with Crippen LogP contribution in [-0.4, -0.2) is 24.3 Å². The number of hydrogen-bond acceptors (Lipinski definition) is 3. The van der Waals surface area contributed by atoms with Gasteiger partial charge in [-0.25, -0.2) is 0 Å². The maximum atomic E-state index is 12.1. The predicted octanol–water partition coefficient (Wildman–Crippen LogP) is 2.90. The molecule has 1 aromatic heterocycles. The Balaban J connectivity index is 1.95. The maximum Gasteiger partial charge on any atom is 0.176 e. The number of furan rings is 1. The summed E-state index contributed by atoms with van der Waals surface area (Å²) in [7, 11) is 1.93. The number of hydrogen-bond donors (Lipinski definition) is 0. The summed E-state index contributed by atoms with van der Waals surface area (Å²) in [6.07, 6.45) is 3.35. The van der Waals surface area contributed by atoms with Crippen molar-refractivity contribution in [3.05, 3.63) is 59.5 Å². The summed E-state index contributed by atoms with van der Waals surface area (Å²) in [6.45, 7) is 3.12. The molecular weight excluding hydrogens is 226 g/mol. The number of aryl methyl sites for hydroxylation is 1. The molecule has 0 N–H and O–H groups in total. The molecule has 0 amide bonds. The van der Waals surface area contributed by atoms with E-state index < -0.39 is 0 Å². The topological polar surface area (TPSA) is 33.5 Å². The highest BCUT2D eigenvalue weighted by Crippen LogP contribution is 2.08. The summed E-state index contributed by atoms with van der Waals surface area (Å²) in [5.41, 5.74) is 2.96. The van der Waals surface area contributed by atoms with E-state index in [4.69, 9.17) is 4.42 Å². The average molecular weight is 243 g/mol. The zero-order chi connectivity index (χ0) is 13.0. The second-order valence-electron chi connectivity index (χ2n) is 4.60. The van der Waals surface area contributed by atoms with E-state index in [0.717, 1.165) is 16.7 Å². The highest BCUT2D eigenvalue weighted by Gasteiger charge is 2.10. The Morgan fingerprint density at radius 2 is 2.17 bits per heavy atom. The molecule has 0 saturated carbocycles. The van der Waals surface area contributed by atoms with E-state index in [0.29, 0.717) is 13.1 Å². The lowest BCUT2D eigenvalue weighted by molar-refractivity contribution is 0.0943. The lowest BCUT2D eigenvalue weighted by Gasteiger charge is -2.14. The van der Waals surface area contributed by atoms with E-state index in [1.807, 2.05) is 49.2 Å². The van der Waals surface area contributed by atoms with Crippen molar-refractivity contribution in [3.8, 4) is 0 Å². The van der Waals surface area contributed by atoms with Gasteiger partial charge in [-0.3, -0.25) is 9.69 Å². The third-order valence-electron chi connectivity index (χ3n) is 2.79. The van der Waals surface area contributed by atoms with Gasteiger partial charge in [0.1, 0.15) is 0 Å². The largest absolute Gasteiger partial charge is 0.472 e. The Kier molecular flexibility index (Phi) is 3.95. The molecule has 0 radical (unpaired) electrons. The van der Waals surface area contributed by atoms with E-state index >= 15 is 0 Å².